The number of carbonyl (C=O) groups is 2. The van der Waals surface area contributed by atoms with Gasteiger partial charge in [0, 0.05) is 51.9 Å². The van der Waals surface area contributed by atoms with Crippen LogP contribution in [0.5, 0.6) is 11.5 Å². The zero-order valence-corrected chi connectivity index (χ0v) is 27.6. The van der Waals surface area contributed by atoms with Gasteiger partial charge in [0.1, 0.15) is 34.1 Å². The van der Waals surface area contributed by atoms with Gasteiger partial charge in [-0.15, -0.1) is 11.3 Å². The van der Waals surface area contributed by atoms with Crippen molar-refractivity contribution in [3.8, 4) is 22.8 Å². The molecule has 3 aliphatic carbocycles. The Morgan fingerprint density at radius 2 is 2.00 bits per heavy atom. The van der Waals surface area contributed by atoms with Crippen LogP contribution in [0, 0.1) is 11.7 Å². The lowest BCUT2D eigenvalue weighted by Crippen LogP contribution is -2.43. The molecule has 8 rings (SSSR count). The van der Waals surface area contributed by atoms with Crippen LogP contribution in [0.1, 0.15) is 67.1 Å². The average molecular weight is 688 g/mol. The van der Waals surface area contributed by atoms with Crippen LogP contribution in [-0.4, -0.2) is 50.9 Å². The molecule has 0 aliphatic heterocycles. The van der Waals surface area contributed by atoms with E-state index in [0.29, 0.717) is 75.0 Å². The largest absolute Gasteiger partial charge is 0.491 e. The Kier molecular flexibility index (Phi) is 7.60. The summed E-state index contributed by atoms with van der Waals surface area (Å²) in [5.41, 5.74) is 6.44. The molecule has 5 aromatic rings. The van der Waals surface area contributed by atoms with Gasteiger partial charge in [-0.1, -0.05) is 12.1 Å². The highest BCUT2D eigenvalue weighted by molar-refractivity contribution is 7.17. The van der Waals surface area contributed by atoms with E-state index < -0.39 is 23.2 Å². The fraction of sp³-hybridized carbons (Fsp3) is 0.389. The summed E-state index contributed by atoms with van der Waals surface area (Å²) in [6.07, 6.45) is 5.40. The molecule has 10 nitrogen and oxygen atoms in total. The molecule has 0 spiro atoms. The molecule has 254 valence electrons. The minimum atomic E-state index is -1.62. The quantitative estimate of drug-likeness (QED) is 0.141. The standard InChI is InChI=1S/C36H35F2N5O5S/c1-2-47-32-19(15-29(39)44)14-28(41-31(32)25-17-49-33-24(25)4-3-5-26(33)37)36(46,22-6-7-22)18-40-34(45)20-12-21-16-43(35(38)10-11-35)42-30(21)27(13-20)48-23-8-9-23/h3-5,12-14,16-17,22-23,46H,2,6-11,15,18H2,1H3,(H2,39,44)(H,40,45)/t36-/m1/s1. The molecule has 13 heteroatoms. The predicted octanol–water partition coefficient (Wildman–Crippen LogP) is 5.86. The molecule has 3 saturated carbocycles. The van der Waals surface area contributed by atoms with Crippen molar-refractivity contribution in [3.05, 3.63) is 70.6 Å². The second-order valence-corrected chi connectivity index (χ2v) is 14.2. The summed E-state index contributed by atoms with van der Waals surface area (Å²) in [5.74, 6) is -2.42. The molecule has 3 aromatic heterocycles. The summed E-state index contributed by atoms with van der Waals surface area (Å²) in [5, 5.41) is 22.7. The van der Waals surface area contributed by atoms with Crippen molar-refractivity contribution in [2.45, 2.75) is 69.4 Å². The molecule has 0 bridgehead atoms. The van der Waals surface area contributed by atoms with Gasteiger partial charge in [-0.3, -0.25) is 9.59 Å². The second kappa shape index (κ2) is 11.8. The number of hydrogen-bond acceptors (Lipinski definition) is 8. The molecule has 3 aliphatic rings. The molecule has 0 saturated heterocycles. The van der Waals surface area contributed by atoms with Crippen LogP contribution in [-0.2, 0) is 22.6 Å². The zero-order chi connectivity index (χ0) is 34.1. The van der Waals surface area contributed by atoms with Crippen LogP contribution in [0.15, 0.2) is 48.0 Å². The minimum Gasteiger partial charge on any atom is -0.491 e. The molecular weight excluding hydrogens is 652 g/mol. The molecule has 2 amide bonds. The number of amides is 2. The Balaban J connectivity index is 1.16. The van der Waals surface area contributed by atoms with Crippen LogP contribution in [0.4, 0.5) is 8.78 Å². The molecule has 3 heterocycles. The number of ether oxygens (including phenoxy) is 2. The number of pyridine rings is 1. The lowest BCUT2D eigenvalue weighted by Gasteiger charge is -2.30. The molecule has 3 fully saturated rings. The van der Waals surface area contributed by atoms with E-state index in [2.05, 4.69) is 10.4 Å². The number of thiophene rings is 1. The van der Waals surface area contributed by atoms with Gasteiger partial charge in [0.2, 0.25) is 11.7 Å². The number of nitrogens with two attached hydrogens (primary N) is 1. The van der Waals surface area contributed by atoms with Crippen molar-refractivity contribution >= 4 is 44.1 Å². The third-order valence-corrected chi connectivity index (χ3v) is 10.5. The van der Waals surface area contributed by atoms with E-state index in [4.69, 9.17) is 20.2 Å². The molecule has 1 atom stereocenters. The predicted molar refractivity (Wildman–Crippen MR) is 180 cm³/mol. The first-order valence-electron chi connectivity index (χ1n) is 16.6. The van der Waals surface area contributed by atoms with Gasteiger partial charge in [0.15, 0.2) is 0 Å². The highest BCUT2D eigenvalue weighted by Crippen LogP contribution is 2.48. The lowest BCUT2D eigenvalue weighted by atomic mass is 9.90. The number of alkyl halides is 1. The molecule has 49 heavy (non-hydrogen) atoms. The number of rotatable bonds is 13. The van der Waals surface area contributed by atoms with E-state index in [1.165, 1.54) is 22.1 Å². The minimum absolute atomic E-state index is 0.0262. The van der Waals surface area contributed by atoms with Crippen molar-refractivity contribution in [1.29, 1.82) is 0 Å². The topological polar surface area (TPSA) is 142 Å². The number of primary amides is 1. The third-order valence-electron chi connectivity index (χ3n) is 9.45. The Bertz CT molecular complexity index is 2140. The maximum absolute atomic E-state index is 14.9. The highest BCUT2D eigenvalue weighted by atomic mass is 32.1. The number of hydrogen-bond donors (Lipinski definition) is 3. The zero-order valence-electron chi connectivity index (χ0n) is 26.8. The van der Waals surface area contributed by atoms with Gasteiger partial charge in [-0.05, 0) is 62.8 Å². The van der Waals surface area contributed by atoms with E-state index in [1.54, 1.807) is 48.8 Å². The Hall–Kier alpha value is -4.62. The molecule has 0 radical (unpaired) electrons. The van der Waals surface area contributed by atoms with Crippen LogP contribution >= 0.6 is 11.3 Å². The van der Waals surface area contributed by atoms with Crippen LogP contribution < -0.4 is 20.5 Å². The summed E-state index contributed by atoms with van der Waals surface area (Å²) in [6.45, 7) is 1.88. The van der Waals surface area contributed by atoms with Gasteiger partial charge < -0.3 is 25.6 Å². The fourth-order valence-corrected chi connectivity index (χ4v) is 7.33. The van der Waals surface area contributed by atoms with E-state index in [1.807, 2.05) is 0 Å². The second-order valence-electron chi connectivity index (χ2n) is 13.3. The number of carbonyl (C=O) groups excluding carboxylic acids is 2. The van der Waals surface area contributed by atoms with Gasteiger partial charge in [0.05, 0.1) is 36.1 Å². The summed E-state index contributed by atoms with van der Waals surface area (Å²) >= 11 is 1.22. The van der Waals surface area contributed by atoms with E-state index in [-0.39, 0.29) is 48.7 Å². The number of halogens is 2. The monoisotopic (exact) mass is 687 g/mol. The van der Waals surface area contributed by atoms with Gasteiger partial charge in [0.25, 0.3) is 5.91 Å². The maximum atomic E-state index is 14.9. The van der Waals surface area contributed by atoms with Gasteiger partial charge >= 0.3 is 0 Å². The average Bonchev–Trinajstić information content (AvgIpc) is 4.03. The van der Waals surface area contributed by atoms with E-state index in [9.17, 15) is 23.5 Å². The Labute approximate surface area is 284 Å². The third kappa shape index (κ3) is 5.88. The Morgan fingerprint density at radius 3 is 2.69 bits per heavy atom. The van der Waals surface area contributed by atoms with Crippen molar-refractivity contribution < 1.29 is 33.0 Å². The molecule has 0 unspecified atom stereocenters. The van der Waals surface area contributed by atoms with Crippen LogP contribution in [0.25, 0.3) is 32.2 Å². The summed E-state index contributed by atoms with van der Waals surface area (Å²) in [7, 11) is 0. The highest BCUT2D eigenvalue weighted by Gasteiger charge is 2.48. The first-order chi connectivity index (χ1) is 23.6. The smallest absolute Gasteiger partial charge is 0.251 e. The molecular formula is C36H35F2N5O5S. The Morgan fingerprint density at radius 1 is 1.20 bits per heavy atom. The number of benzene rings is 2. The summed E-state index contributed by atoms with van der Waals surface area (Å²) in [6, 6.07) is 9.66. The SMILES string of the molecule is CCOc1c(CC(N)=O)cc([C@@](O)(CNC(=O)c2cc(OC3CC3)c3nn(C4(F)CC4)cc3c2)C2CC2)nc1-c1csc2c(F)cccc12. The fourth-order valence-electron chi connectivity index (χ4n) is 6.37. The van der Waals surface area contributed by atoms with Gasteiger partial charge in [-0.25, -0.2) is 18.4 Å². The first-order valence-corrected chi connectivity index (χ1v) is 17.5. The normalized spacial score (nSPS) is 18.0. The number of fused-ring (bicyclic) bond motifs is 2. The van der Waals surface area contributed by atoms with E-state index >= 15 is 0 Å². The summed E-state index contributed by atoms with van der Waals surface area (Å²) < 4.78 is 43.5. The number of aromatic nitrogens is 3. The number of nitrogens with zero attached hydrogens (tertiary/aromatic N) is 3. The molecule has 2 aromatic carbocycles. The van der Waals surface area contributed by atoms with Crippen LogP contribution in [0.2, 0.25) is 0 Å². The van der Waals surface area contributed by atoms with Crippen LogP contribution in [0.3, 0.4) is 0 Å². The maximum Gasteiger partial charge on any atom is 0.251 e. The summed E-state index contributed by atoms with van der Waals surface area (Å²) in [4.78, 5) is 30.9. The first kappa shape index (κ1) is 31.6. The van der Waals surface area contributed by atoms with Crippen molar-refractivity contribution in [3.63, 3.8) is 0 Å². The van der Waals surface area contributed by atoms with Crippen molar-refractivity contribution in [1.82, 2.24) is 20.1 Å². The molecule has 4 N–H and O–H groups in total. The lowest BCUT2D eigenvalue weighted by molar-refractivity contribution is -0.117. The number of nitrogens with one attached hydrogen (secondary N) is 1. The van der Waals surface area contributed by atoms with Gasteiger partial charge in [-0.2, -0.15) is 5.10 Å². The van der Waals surface area contributed by atoms with E-state index in [0.717, 1.165) is 12.8 Å². The van der Waals surface area contributed by atoms with Crippen molar-refractivity contribution in [2.75, 3.05) is 13.2 Å². The number of aliphatic hydroxyl groups is 1. The van der Waals surface area contributed by atoms with Crippen molar-refractivity contribution in [2.24, 2.45) is 11.7 Å².